The van der Waals surface area contributed by atoms with E-state index >= 15 is 0 Å². The van der Waals surface area contributed by atoms with E-state index in [0.717, 1.165) is 11.0 Å². The minimum atomic E-state index is -3.53. The van der Waals surface area contributed by atoms with Crippen LogP contribution in [0.15, 0.2) is 35.7 Å². The van der Waals surface area contributed by atoms with E-state index in [1.54, 1.807) is 12.1 Å². The molecular formula is C13H17NO4S2. The second-order valence-corrected chi connectivity index (χ2v) is 8.76. The number of benzene rings is 1. The van der Waals surface area contributed by atoms with Gasteiger partial charge < -0.3 is 0 Å². The minimum Gasteiger partial charge on any atom is -0.229 e. The van der Waals surface area contributed by atoms with Gasteiger partial charge >= 0.3 is 0 Å². The molecule has 1 unspecified atom stereocenters. The van der Waals surface area contributed by atoms with Crippen LogP contribution in [0.1, 0.15) is 12.0 Å². The fraction of sp³-hybridized carbons (Fsp3) is 0.385. The van der Waals surface area contributed by atoms with Gasteiger partial charge in [0.2, 0.25) is 10.0 Å². The van der Waals surface area contributed by atoms with E-state index in [4.69, 9.17) is 0 Å². The molecule has 1 atom stereocenters. The fourth-order valence-electron chi connectivity index (χ4n) is 2.05. The van der Waals surface area contributed by atoms with Gasteiger partial charge in [-0.2, -0.15) is 0 Å². The molecule has 0 aromatic heterocycles. The summed E-state index contributed by atoms with van der Waals surface area (Å²) >= 11 is 0. The Kier molecular flexibility index (Phi) is 4.62. The van der Waals surface area contributed by atoms with Crippen LogP contribution in [0.5, 0.6) is 0 Å². The molecule has 5 nitrogen and oxygen atoms in total. The van der Waals surface area contributed by atoms with Crippen LogP contribution >= 0.6 is 0 Å². The third-order valence-electron chi connectivity index (χ3n) is 3.14. The zero-order valence-electron chi connectivity index (χ0n) is 10.9. The van der Waals surface area contributed by atoms with Gasteiger partial charge in [-0.3, -0.25) is 0 Å². The lowest BCUT2D eigenvalue weighted by Crippen LogP contribution is -2.28. The predicted molar refractivity (Wildman–Crippen MR) is 79.2 cm³/mol. The number of hydrogen-bond donors (Lipinski definition) is 1. The van der Waals surface area contributed by atoms with Gasteiger partial charge in [0.05, 0.1) is 11.5 Å². The molecule has 0 aliphatic carbocycles. The van der Waals surface area contributed by atoms with E-state index in [9.17, 15) is 16.8 Å². The maximum absolute atomic E-state index is 11.8. The van der Waals surface area contributed by atoms with Crippen LogP contribution in [-0.2, 0) is 19.9 Å². The Morgan fingerprint density at radius 1 is 1.25 bits per heavy atom. The average molecular weight is 315 g/mol. The molecule has 1 heterocycles. The molecule has 1 aliphatic heterocycles. The molecule has 7 heteroatoms. The van der Waals surface area contributed by atoms with Crippen molar-refractivity contribution in [2.45, 2.75) is 6.42 Å². The minimum absolute atomic E-state index is 0.0674. The predicted octanol–water partition coefficient (Wildman–Crippen LogP) is 1.01. The van der Waals surface area contributed by atoms with Gasteiger partial charge in [-0.1, -0.05) is 30.3 Å². The summed E-state index contributed by atoms with van der Waals surface area (Å²) in [5.41, 5.74) is 0.793. The lowest BCUT2D eigenvalue weighted by molar-refractivity contribution is 0.549. The Balaban J connectivity index is 1.90. The largest absolute Gasteiger partial charge is 0.233 e. The Bertz CT molecular complexity index is 678. The first-order valence-corrected chi connectivity index (χ1v) is 9.66. The van der Waals surface area contributed by atoms with Crippen molar-refractivity contribution < 1.29 is 16.8 Å². The van der Waals surface area contributed by atoms with Crippen LogP contribution in [-0.4, -0.2) is 34.9 Å². The number of sulfone groups is 1. The second kappa shape index (κ2) is 6.07. The summed E-state index contributed by atoms with van der Waals surface area (Å²) < 4.78 is 48.5. The fourth-order valence-corrected chi connectivity index (χ4v) is 4.81. The van der Waals surface area contributed by atoms with E-state index in [1.807, 2.05) is 18.2 Å². The second-order valence-electron chi connectivity index (χ2n) is 4.88. The molecule has 1 aliphatic rings. The molecular weight excluding hydrogens is 298 g/mol. The molecule has 0 amide bonds. The van der Waals surface area contributed by atoms with Crippen molar-refractivity contribution in [3.63, 3.8) is 0 Å². The first kappa shape index (κ1) is 15.2. The van der Waals surface area contributed by atoms with Gasteiger partial charge in [-0.25, -0.2) is 21.6 Å². The Hall–Kier alpha value is -1.18. The Morgan fingerprint density at radius 3 is 2.55 bits per heavy atom. The van der Waals surface area contributed by atoms with Gasteiger partial charge in [0, 0.05) is 12.0 Å². The summed E-state index contributed by atoms with van der Waals surface area (Å²) in [6, 6.07) is 9.10. The molecule has 1 aromatic rings. The molecule has 1 aromatic carbocycles. The summed E-state index contributed by atoms with van der Waals surface area (Å²) in [6.45, 7) is 0.167. The topological polar surface area (TPSA) is 80.3 Å². The molecule has 0 saturated carbocycles. The van der Waals surface area contributed by atoms with Gasteiger partial charge in [0.1, 0.15) is 0 Å². The molecule has 1 fully saturated rings. The van der Waals surface area contributed by atoms with Crippen molar-refractivity contribution in [1.82, 2.24) is 4.72 Å². The highest BCUT2D eigenvalue weighted by Crippen LogP contribution is 2.17. The maximum atomic E-state index is 11.8. The van der Waals surface area contributed by atoms with Crippen LogP contribution in [0.3, 0.4) is 0 Å². The van der Waals surface area contributed by atoms with Crippen molar-refractivity contribution in [2.75, 3.05) is 18.1 Å². The zero-order valence-corrected chi connectivity index (χ0v) is 12.5. The SMILES string of the molecule is O=S1(=O)CCC(CNS(=O)(=O)C=Cc2ccccc2)C1. The monoisotopic (exact) mass is 315 g/mol. The molecule has 20 heavy (non-hydrogen) atoms. The quantitative estimate of drug-likeness (QED) is 0.879. The van der Waals surface area contributed by atoms with Gasteiger partial charge in [-0.15, -0.1) is 0 Å². The highest BCUT2D eigenvalue weighted by atomic mass is 32.2. The van der Waals surface area contributed by atoms with Gasteiger partial charge in [0.15, 0.2) is 9.84 Å². The number of rotatable bonds is 5. The van der Waals surface area contributed by atoms with Crippen LogP contribution in [0.25, 0.3) is 6.08 Å². The third kappa shape index (κ3) is 4.73. The first-order valence-electron chi connectivity index (χ1n) is 6.29. The van der Waals surface area contributed by atoms with Crippen LogP contribution < -0.4 is 4.72 Å². The standard InChI is InChI=1S/C13H17NO4S2/c15-19(16)8-6-13(11-19)10-14-20(17,18)9-7-12-4-2-1-3-5-12/h1-5,7,9,13-14H,6,8,10-11H2. The Labute approximate surface area is 119 Å². The van der Waals surface area contributed by atoms with Crippen molar-refractivity contribution in [3.8, 4) is 0 Å². The van der Waals surface area contributed by atoms with Gasteiger partial charge in [-0.05, 0) is 24.0 Å². The summed E-state index contributed by atoms with van der Waals surface area (Å²) in [4.78, 5) is 0. The lowest BCUT2D eigenvalue weighted by Gasteiger charge is -2.07. The smallest absolute Gasteiger partial charge is 0.229 e. The summed E-state index contributed by atoms with van der Waals surface area (Å²) in [7, 11) is -6.50. The maximum Gasteiger partial charge on any atom is 0.233 e. The van der Waals surface area contributed by atoms with Crippen LogP contribution in [0.2, 0.25) is 0 Å². The van der Waals surface area contributed by atoms with E-state index in [-0.39, 0.29) is 24.0 Å². The molecule has 1 saturated heterocycles. The normalized spacial score (nSPS) is 22.3. The van der Waals surface area contributed by atoms with E-state index in [0.29, 0.717) is 6.42 Å². The molecule has 2 rings (SSSR count). The van der Waals surface area contributed by atoms with Crippen molar-refractivity contribution in [3.05, 3.63) is 41.3 Å². The molecule has 1 N–H and O–H groups in total. The molecule has 110 valence electrons. The number of nitrogens with one attached hydrogen (secondary N) is 1. The zero-order chi connectivity index (χ0) is 14.6. The highest BCUT2D eigenvalue weighted by molar-refractivity contribution is 7.92. The van der Waals surface area contributed by atoms with Crippen LogP contribution in [0, 0.1) is 5.92 Å². The number of hydrogen-bond acceptors (Lipinski definition) is 4. The van der Waals surface area contributed by atoms with E-state index in [2.05, 4.69) is 4.72 Å². The number of sulfonamides is 1. The average Bonchev–Trinajstić information content (AvgIpc) is 2.75. The van der Waals surface area contributed by atoms with E-state index < -0.39 is 19.9 Å². The molecule has 0 bridgehead atoms. The van der Waals surface area contributed by atoms with Gasteiger partial charge in [0.25, 0.3) is 0 Å². The summed E-state index contributed by atoms with van der Waals surface area (Å²) in [5.74, 6) is 0.0943. The molecule has 0 radical (unpaired) electrons. The first-order chi connectivity index (χ1) is 9.36. The molecule has 0 spiro atoms. The lowest BCUT2D eigenvalue weighted by atomic mass is 10.1. The van der Waals surface area contributed by atoms with Crippen molar-refractivity contribution >= 4 is 25.9 Å². The summed E-state index contributed by atoms with van der Waals surface area (Å²) in [5, 5.41) is 1.10. The third-order valence-corrected chi connectivity index (χ3v) is 6.04. The van der Waals surface area contributed by atoms with Crippen LogP contribution in [0.4, 0.5) is 0 Å². The Morgan fingerprint density at radius 2 is 1.95 bits per heavy atom. The summed E-state index contributed by atoms with van der Waals surface area (Å²) in [6.07, 6.45) is 2.03. The van der Waals surface area contributed by atoms with Crippen molar-refractivity contribution in [1.29, 1.82) is 0 Å². The van der Waals surface area contributed by atoms with E-state index in [1.165, 1.54) is 6.08 Å². The van der Waals surface area contributed by atoms with Crippen molar-refractivity contribution in [2.24, 2.45) is 5.92 Å². The highest BCUT2D eigenvalue weighted by Gasteiger charge is 2.28.